The van der Waals surface area contributed by atoms with Crippen LogP contribution >= 0.6 is 0 Å². The van der Waals surface area contributed by atoms with Gasteiger partial charge in [-0.15, -0.1) is 0 Å². The molecule has 0 aliphatic rings. The number of nitrogens with zero attached hydrogens (tertiary/aromatic N) is 1. The van der Waals surface area contributed by atoms with Gasteiger partial charge in [-0.2, -0.15) is 5.26 Å². The van der Waals surface area contributed by atoms with E-state index >= 15 is 0 Å². The molecule has 0 amide bonds. The van der Waals surface area contributed by atoms with Gasteiger partial charge in [0, 0.05) is 5.56 Å². The monoisotopic (exact) mass is 285 g/mol. The lowest BCUT2D eigenvalue weighted by molar-refractivity contribution is 0.199. The smallest absolute Gasteiger partial charge is 0.131 e. The lowest BCUT2D eigenvalue weighted by Gasteiger charge is -2.12. The van der Waals surface area contributed by atoms with Gasteiger partial charge in [-0.1, -0.05) is 12.1 Å². The van der Waals surface area contributed by atoms with E-state index in [2.05, 4.69) is 0 Å². The maximum atomic E-state index is 13.7. The molecule has 0 radical (unpaired) electrons. The van der Waals surface area contributed by atoms with E-state index in [9.17, 15) is 9.50 Å². The molecule has 0 aliphatic heterocycles. The maximum Gasteiger partial charge on any atom is 0.131 e. The van der Waals surface area contributed by atoms with E-state index in [0.717, 1.165) is 11.1 Å². The second-order valence-electron chi connectivity index (χ2n) is 4.91. The van der Waals surface area contributed by atoms with Crippen LogP contribution in [0.2, 0.25) is 0 Å². The van der Waals surface area contributed by atoms with Crippen LogP contribution < -0.4 is 4.74 Å². The zero-order chi connectivity index (χ0) is 15.4. The summed E-state index contributed by atoms with van der Waals surface area (Å²) < 4.78 is 19.4. The van der Waals surface area contributed by atoms with E-state index in [4.69, 9.17) is 10.00 Å². The average Bonchev–Trinajstić information content (AvgIpc) is 2.46. The zero-order valence-corrected chi connectivity index (χ0v) is 11.9. The molecule has 0 bridgehead atoms. The van der Waals surface area contributed by atoms with Gasteiger partial charge < -0.3 is 9.84 Å². The Balaban J connectivity index is 2.12. The summed E-state index contributed by atoms with van der Waals surface area (Å²) in [5.74, 6) is 0.190. The number of hydrogen-bond donors (Lipinski definition) is 1. The van der Waals surface area contributed by atoms with Crippen LogP contribution in [0.5, 0.6) is 5.75 Å². The lowest BCUT2D eigenvalue weighted by atomic mass is 10.1. The Morgan fingerprint density at radius 3 is 2.62 bits per heavy atom. The van der Waals surface area contributed by atoms with Gasteiger partial charge in [-0.25, -0.2) is 4.39 Å². The molecule has 2 aromatic rings. The van der Waals surface area contributed by atoms with Crippen molar-refractivity contribution in [3.05, 3.63) is 64.5 Å². The second kappa shape index (κ2) is 6.38. The van der Waals surface area contributed by atoms with E-state index in [1.54, 1.807) is 31.2 Å². The molecular formula is C17H16FNO2. The highest BCUT2D eigenvalue weighted by molar-refractivity contribution is 5.37. The van der Waals surface area contributed by atoms with Crippen LogP contribution in [0.15, 0.2) is 36.4 Å². The van der Waals surface area contributed by atoms with Crippen LogP contribution in [-0.4, -0.2) is 5.11 Å². The Morgan fingerprint density at radius 2 is 2.05 bits per heavy atom. The highest BCUT2D eigenvalue weighted by Crippen LogP contribution is 2.24. The first-order valence-corrected chi connectivity index (χ1v) is 6.61. The minimum absolute atomic E-state index is 0.0897. The Hall–Kier alpha value is -2.38. The van der Waals surface area contributed by atoms with E-state index < -0.39 is 11.9 Å². The third kappa shape index (κ3) is 3.59. The largest absolute Gasteiger partial charge is 0.489 e. The van der Waals surface area contributed by atoms with Crippen molar-refractivity contribution in [2.45, 2.75) is 26.6 Å². The van der Waals surface area contributed by atoms with E-state index in [-0.39, 0.29) is 12.2 Å². The molecular weight excluding hydrogens is 269 g/mol. The van der Waals surface area contributed by atoms with E-state index in [1.807, 2.05) is 19.1 Å². The van der Waals surface area contributed by atoms with E-state index in [1.165, 1.54) is 6.07 Å². The molecule has 0 saturated carbocycles. The van der Waals surface area contributed by atoms with Gasteiger partial charge in [0.15, 0.2) is 0 Å². The molecule has 2 aromatic carbocycles. The van der Waals surface area contributed by atoms with Gasteiger partial charge in [0.2, 0.25) is 0 Å². The first-order chi connectivity index (χ1) is 10.0. The molecule has 1 N–H and O–H groups in total. The summed E-state index contributed by atoms with van der Waals surface area (Å²) in [7, 11) is 0. The summed E-state index contributed by atoms with van der Waals surface area (Å²) in [5, 5.41) is 18.2. The fraction of sp³-hybridized carbons (Fsp3) is 0.235. The normalized spacial score (nSPS) is 11.8. The summed E-state index contributed by atoms with van der Waals surface area (Å²) in [4.78, 5) is 0. The van der Waals surface area contributed by atoms with Crippen molar-refractivity contribution in [3.63, 3.8) is 0 Å². The van der Waals surface area contributed by atoms with Crippen LogP contribution in [0.25, 0.3) is 0 Å². The summed E-state index contributed by atoms with van der Waals surface area (Å²) in [6.07, 6.45) is -0.534. The van der Waals surface area contributed by atoms with Crippen LogP contribution in [0.1, 0.15) is 35.3 Å². The topological polar surface area (TPSA) is 53.2 Å². The fourth-order valence-electron chi connectivity index (χ4n) is 1.98. The first-order valence-electron chi connectivity index (χ1n) is 6.61. The van der Waals surface area contributed by atoms with E-state index in [0.29, 0.717) is 11.3 Å². The standard InChI is InChI=1S/C17H16FNO2/c1-11-7-14(12(2)20)5-6-17(11)21-10-15-4-3-13(9-19)8-16(15)18/h3-8,12,20H,10H2,1-2H3/t12-/m1/s1. The van der Waals surface area contributed by atoms with Crippen LogP contribution in [0.4, 0.5) is 4.39 Å². The van der Waals surface area contributed by atoms with Crippen LogP contribution in [0, 0.1) is 24.1 Å². The minimum Gasteiger partial charge on any atom is -0.489 e. The van der Waals surface area contributed by atoms with Gasteiger partial charge >= 0.3 is 0 Å². The molecule has 0 saturated heterocycles. The van der Waals surface area contributed by atoms with Gasteiger partial charge in [0.25, 0.3) is 0 Å². The van der Waals surface area contributed by atoms with Crippen molar-refractivity contribution in [1.29, 1.82) is 5.26 Å². The average molecular weight is 285 g/mol. The number of hydrogen-bond acceptors (Lipinski definition) is 3. The number of rotatable bonds is 4. The van der Waals surface area contributed by atoms with Crippen molar-refractivity contribution in [2.75, 3.05) is 0 Å². The molecule has 21 heavy (non-hydrogen) atoms. The van der Waals surface area contributed by atoms with Crippen molar-refractivity contribution >= 4 is 0 Å². The third-order valence-electron chi connectivity index (χ3n) is 3.25. The molecule has 0 spiro atoms. The van der Waals surface area contributed by atoms with Crippen molar-refractivity contribution in [2.24, 2.45) is 0 Å². The predicted molar refractivity (Wildman–Crippen MR) is 77.3 cm³/mol. The lowest BCUT2D eigenvalue weighted by Crippen LogP contribution is -2.01. The van der Waals surface area contributed by atoms with Gasteiger partial charge in [0.1, 0.15) is 18.2 Å². The quantitative estimate of drug-likeness (QED) is 0.933. The fourth-order valence-corrected chi connectivity index (χ4v) is 1.98. The molecule has 1 atom stereocenters. The summed E-state index contributed by atoms with van der Waals surface area (Å²) in [6, 6.07) is 11.6. The summed E-state index contributed by atoms with van der Waals surface area (Å²) in [6.45, 7) is 3.66. The number of aryl methyl sites for hydroxylation is 1. The number of halogens is 1. The Bertz CT molecular complexity index is 690. The number of ether oxygens (including phenoxy) is 1. The van der Waals surface area contributed by atoms with Gasteiger partial charge in [-0.3, -0.25) is 0 Å². The number of aliphatic hydroxyl groups excluding tert-OH is 1. The molecule has 0 fully saturated rings. The Labute approximate surface area is 123 Å². The highest BCUT2D eigenvalue weighted by Gasteiger charge is 2.08. The molecule has 0 unspecified atom stereocenters. The molecule has 4 heteroatoms. The molecule has 0 heterocycles. The molecule has 3 nitrogen and oxygen atoms in total. The third-order valence-corrected chi connectivity index (χ3v) is 3.25. The minimum atomic E-state index is -0.534. The van der Waals surface area contributed by atoms with Gasteiger partial charge in [-0.05, 0) is 49.2 Å². The number of aliphatic hydroxyl groups is 1. The zero-order valence-electron chi connectivity index (χ0n) is 11.9. The Kier molecular flexibility index (Phi) is 4.56. The second-order valence-corrected chi connectivity index (χ2v) is 4.91. The summed E-state index contributed by atoms with van der Waals surface area (Å²) >= 11 is 0. The first kappa shape index (κ1) is 15.0. The summed E-state index contributed by atoms with van der Waals surface area (Å²) in [5.41, 5.74) is 2.37. The highest BCUT2D eigenvalue weighted by atomic mass is 19.1. The van der Waals surface area contributed by atoms with Crippen LogP contribution in [0.3, 0.4) is 0 Å². The maximum absolute atomic E-state index is 13.7. The molecule has 0 aromatic heterocycles. The Morgan fingerprint density at radius 1 is 1.29 bits per heavy atom. The van der Waals surface area contributed by atoms with Crippen molar-refractivity contribution in [1.82, 2.24) is 0 Å². The number of benzene rings is 2. The molecule has 0 aliphatic carbocycles. The molecule has 108 valence electrons. The number of nitriles is 1. The van der Waals surface area contributed by atoms with Gasteiger partial charge in [0.05, 0.1) is 17.7 Å². The van der Waals surface area contributed by atoms with Crippen molar-refractivity contribution in [3.8, 4) is 11.8 Å². The van der Waals surface area contributed by atoms with Crippen LogP contribution in [-0.2, 0) is 6.61 Å². The molecule has 2 rings (SSSR count). The SMILES string of the molecule is Cc1cc([C@@H](C)O)ccc1OCc1ccc(C#N)cc1F. The predicted octanol–water partition coefficient (Wildman–Crippen LogP) is 3.64. The van der Waals surface area contributed by atoms with Crippen molar-refractivity contribution < 1.29 is 14.2 Å².